The maximum absolute atomic E-state index is 2.43. The van der Waals surface area contributed by atoms with E-state index < -0.39 is 0 Å². The third kappa shape index (κ3) is 9.68. The van der Waals surface area contributed by atoms with Crippen LogP contribution < -0.4 is 0 Å². The molecule has 0 fully saturated rings. The second-order valence-corrected chi connectivity index (χ2v) is 6.31. The first kappa shape index (κ1) is 17.0. The number of hydrogen-bond acceptors (Lipinski definition) is 0. The lowest BCUT2D eigenvalue weighted by atomic mass is 9.83. The monoisotopic (exact) mass is 240 g/mol. The van der Waals surface area contributed by atoms with Gasteiger partial charge in [-0.25, -0.2) is 0 Å². The van der Waals surface area contributed by atoms with Crippen molar-refractivity contribution in [1.82, 2.24) is 0 Å². The summed E-state index contributed by atoms with van der Waals surface area (Å²) in [5, 5.41) is 0. The van der Waals surface area contributed by atoms with Crippen LogP contribution in [0, 0.1) is 17.8 Å². The summed E-state index contributed by atoms with van der Waals surface area (Å²) >= 11 is 0. The highest BCUT2D eigenvalue weighted by Gasteiger charge is 2.14. The first-order valence-corrected chi connectivity index (χ1v) is 8.11. The molecule has 0 aromatic carbocycles. The zero-order valence-electron chi connectivity index (χ0n) is 13.1. The van der Waals surface area contributed by atoms with Crippen molar-refractivity contribution in [2.45, 2.75) is 92.4 Å². The van der Waals surface area contributed by atoms with Gasteiger partial charge < -0.3 is 0 Å². The molecule has 0 N–H and O–H groups in total. The van der Waals surface area contributed by atoms with Gasteiger partial charge in [-0.3, -0.25) is 0 Å². The normalized spacial score (nSPS) is 15.2. The fourth-order valence-electron chi connectivity index (χ4n) is 2.62. The van der Waals surface area contributed by atoms with Crippen molar-refractivity contribution in [2.24, 2.45) is 17.8 Å². The Morgan fingerprint density at radius 2 is 1.35 bits per heavy atom. The molecule has 104 valence electrons. The minimum Gasteiger partial charge on any atom is -0.0654 e. The molecule has 0 bridgehead atoms. The highest BCUT2D eigenvalue weighted by Crippen LogP contribution is 2.27. The molecule has 0 amide bonds. The molecule has 0 aliphatic rings. The summed E-state index contributed by atoms with van der Waals surface area (Å²) in [4.78, 5) is 0. The minimum absolute atomic E-state index is 0.856. The molecule has 0 aromatic heterocycles. The molecular formula is C17H36. The zero-order valence-corrected chi connectivity index (χ0v) is 13.1. The van der Waals surface area contributed by atoms with E-state index in [1.54, 1.807) is 0 Å². The summed E-state index contributed by atoms with van der Waals surface area (Å²) in [6.45, 7) is 11.8. The van der Waals surface area contributed by atoms with Gasteiger partial charge in [0.05, 0.1) is 0 Å². The van der Waals surface area contributed by atoms with E-state index in [0.717, 1.165) is 17.8 Å². The van der Waals surface area contributed by atoms with Crippen LogP contribution in [-0.2, 0) is 0 Å². The predicted octanol–water partition coefficient (Wildman–Crippen LogP) is 6.45. The van der Waals surface area contributed by atoms with Crippen molar-refractivity contribution < 1.29 is 0 Å². The van der Waals surface area contributed by atoms with Gasteiger partial charge in [0.15, 0.2) is 0 Å². The van der Waals surface area contributed by atoms with Crippen LogP contribution in [0.5, 0.6) is 0 Å². The standard InChI is InChI=1S/C17H36/c1-6-8-9-10-11-13-17(12-7-2)14-16(5)15(3)4/h15-17H,6-14H2,1-5H3. The molecule has 0 rings (SSSR count). The maximum atomic E-state index is 2.43. The molecule has 17 heavy (non-hydrogen) atoms. The van der Waals surface area contributed by atoms with Crippen molar-refractivity contribution in [2.75, 3.05) is 0 Å². The lowest BCUT2D eigenvalue weighted by Crippen LogP contribution is -2.11. The van der Waals surface area contributed by atoms with Crippen LogP contribution in [0.1, 0.15) is 92.4 Å². The van der Waals surface area contributed by atoms with Gasteiger partial charge >= 0.3 is 0 Å². The van der Waals surface area contributed by atoms with Gasteiger partial charge in [0.25, 0.3) is 0 Å². The van der Waals surface area contributed by atoms with Crippen LogP contribution in [-0.4, -0.2) is 0 Å². The highest BCUT2D eigenvalue weighted by atomic mass is 14.2. The second-order valence-electron chi connectivity index (χ2n) is 6.31. The fraction of sp³-hybridized carbons (Fsp3) is 1.00. The van der Waals surface area contributed by atoms with Crippen LogP contribution in [0.4, 0.5) is 0 Å². The Hall–Kier alpha value is 0. The topological polar surface area (TPSA) is 0 Å². The van der Waals surface area contributed by atoms with E-state index in [1.165, 1.54) is 57.8 Å². The van der Waals surface area contributed by atoms with E-state index >= 15 is 0 Å². The van der Waals surface area contributed by atoms with Gasteiger partial charge in [0, 0.05) is 0 Å². The van der Waals surface area contributed by atoms with Gasteiger partial charge in [-0.05, 0) is 24.2 Å². The summed E-state index contributed by atoms with van der Waals surface area (Å²) in [7, 11) is 0. The van der Waals surface area contributed by atoms with Gasteiger partial charge in [-0.15, -0.1) is 0 Å². The SMILES string of the molecule is CCCCCCCC(CCC)CC(C)C(C)C. The van der Waals surface area contributed by atoms with Crippen molar-refractivity contribution in [3.63, 3.8) is 0 Å². The maximum Gasteiger partial charge on any atom is -0.0412 e. The summed E-state index contributed by atoms with van der Waals surface area (Å²) in [5.41, 5.74) is 0. The van der Waals surface area contributed by atoms with Crippen molar-refractivity contribution in [1.29, 1.82) is 0 Å². The molecular weight excluding hydrogens is 204 g/mol. The number of rotatable bonds is 11. The Morgan fingerprint density at radius 3 is 1.88 bits per heavy atom. The second kappa shape index (κ2) is 11.1. The average Bonchev–Trinajstić information content (AvgIpc) is 2.28. The Labute approximate surface area is 111 Å². The Morgan fingerprint density at radius 1 is 0.706 bits per heavy atom. The number of hydrogen-bond donors (Lipinski definition) is 0. The Kier molecular flexibility index (Phi) is 11.1. The Bertz CT molecular complexity index is 148. The van der Waals surface area contributed by atoms with Crippen LogP contribution >= 0.6 is 0 Å². The van der Waals surface area contributed by atoms with Crippen molar-refractivity contribution in [3.05, 3.63) is 0 Å². The van der Waals surface area contributed by atoms with E-state index in [9.17, 15) is 0 Å². The molecule has 0 heteroatoms. The largest absolute Gasteiger partial charge is 0.0654 e. The molecule has 0 nitrogen and oxygen atoms in total. The quantitative estimate of drug-likeness (QED) is 0.364. The number of unbranched alkanes of at least 4 members (excludes halogenated alkanes) is 4. The van der Waals surface area contributed by atoms with Crippen molar-refractivity contribution in [3.8, 4) is 0 Å². The van der Waals surface area contributed by atoms with E-state index in [4.69, 9.17) is 0 Å². The van der Waals surface area contributed by atoms with Crippen LogP contribution in [0.25, 0.3) is 0 Å². The van der Waals surface area contributed by atoms with Gasteiger partial charge in [-0.2, -0.15) is 0 Å². The molecule has 2 atom stereocenters. The highest BCUT2D eigenvalue weighted by molar-refractivity contribution is 4.66. The molecule has 0 aromatic rings. The molecule has 2 unspecified atom stereocenters. The van der Waals surface area contributed by atoms with Gasteiger partial charge in [0.2, 0.25) is 0 Å². The predicted molar refractivity (Wildman–Crippen MR) is 80.4 cm³/mol. The van der Waals surface area contributed by atoms with E-state index in [2.05, 4.69) is 34.6 Å². The third-order valence-corrected chi connectivity index (χ3v) is 4.26. The summed E-state index contributed by atoms with van der Waals surface area (Å²) in [6.07, 6.45) is 12.9. The first-order valence-electron chi connectivity index (χ1n) is 8.11. The lowest BCUT2D eigenvalue weighted by molar-refractivity contribution is 0.287. The van der Waals surface area contributed by atoms with Gasteiger partial charge in [0.1, 0.15) is 0 Å². The lowest BCUT2D eigenvalue weighted by Gasteiger charge is -2.23. The molecule has 0 aliphatic heterocycles. The third-order valence-electron chi connectivity index (χ3n) is 4.26. The smallest absolute Gasteiger partial charge is 0.0412 e. The minimum atomic E-state index is 0.856. The van der Waals surface area contributed by atoms with E-state index in [-0.39, 0.29) is 0 Å². The molecule has 0 heterocycles. The molecule has 0 spiro atoms. The molecule has 0 saturated heterocycles. The zero-order chi connectivity index (χ0) is 13.1. The van der Waals surface area contributed by atoms with Crippen LogP contribution in [0.15, 0.2) is 0 Å². The fourth-order valence-corrected chi connectivity index (χ4v) is 2.62. The molecule has 0 saturated carbocycles. The molecule has 0 aliphatic carbocycles. The summed E-state index contributed by atoms with van der Waals surface area (Å²) in [6, 6.07) is 0. The van der Waals surface area contributed by atoms with Gasteiger partial charge in [-0.1, -0.05) is 86.0 Å². The van der Waals surface area contributed by atoms with E-state index in [0.29, 0.717) is 0 Å². The van der Waals surface area contributed by atoms with E-state index in [1.807, 2.05) is 0 Å². The summed E-state index contributed by atoms with van der Waals surface area (Å²) in [5.74, 6) is 2.76. The van der Waals surface area contributed by atoms with Crippen molar-refractivity contribution >= 4 is 0 Å². The average molecular weight is 240 g/mol. The molecule has 0 radical (unpaired) electrons. The Balaban J connectivity index is 3.73. The summed E-state index contributed by atoms with van der Waals surface area (Å²) < 4.78 is 0. The first-order chi connectivity index (χ1) is 8.11. The van der Waals surface area contributed by atoms with Crippen LogP contribution in [0.2, 0.25) is 0 Å². The van der Waals surface area contributed by atoms with Crippen LogP contribution in [0.3, 0.4) is 0 Å².